The average molecular weight is 339 g/mol. The van der Waals surface area contributed by atoms with Gasteiger partial charge in [0.25, 0.3) is 0 Å². The molecule has 128 valence electrons. The van der Waals surface area contributed by atoms with Gasteiger partial charge in [0.05, 0.1) is 50.2 Å². The lowest BCUT2D eigenvalue weighted by Crippen LogP contribution is -2.12. The number of nitriles is 1. The van der Waals surface area contributed by atoms with Crippen LogP contribution in [0, 0.1) is 11.3 Å². The minimum atomic E-state index is -0.616. The van der Waals surface area contributed by atoms with Crippen molar-refractivity contribution < 1.29 is 23.8 Å². The summed E-state index contributed by atoms with van der Waals surface area (Å²) in [5.41, 5.74) is 2.52. The Balaban J connectivity index is 2.07. The van der Waals surface area contributed by atoms with Gasteiger partial charge in [-0.05, 0) is 35.4 Å². The maximum atomic E-state index is 11.9. The minimum absolute atomic E-state index is 0.133. The second kappa shape index (κ2) is 8.62. The fourth-order valence-electron chi connectivity index (χ4n) is 2.21. The molecule has 2 aromatic rings. The van der Waals surface area contributed by atoms with E-state index in [2.05, 4.69) is 10.8 Å². The molecule has 0 aromatic heterocycles. The van der Waals surface area contributed by atoms with Crippen LogP contribution < -0.4 is 0 Å². The number of carbonyl (C=O) groups is 2. The topological polar surface area (TPSA) is 85.6 Å². The van der Waals surface area contributed by atoms with Gasteiger partial charge in [-0.3, -0.25) is 0 Å². The van der Waals surface area contributed by atoms with Crippen molar-refractivity contribution in [1.29, 1.82) is 5.26 Å². The van der Waals surface area contributed by atoms with E-state index in [1.165, 1.54) is 20.3 Å². The number of carbonyl (C=O) groups excluding carboxylic acids is 2. The Morgan fingerprint density at radius 2 is 1.44 bits per heavy atom. The molecule has 0 bridgehead atoms. The monoisotopic (exact) mass is 339 g/mol. The molecule has 0 amide bonds. The van der Waals surface area contributed by atoms with Crippen LogP contribution in [0.25, 0.3) is 0 Å². The van der Waals surface area contributed by atoms with Crippen LogP contribution in [0.5, 0.6) is 0 Å². The number of benzene rings is 2. The maximum Gasteiger partial charge on any atom is 0.338 e. The lowest BCUT2D eigenvalue weighted by molar-refractivity contribution is 0.0554. The third-order valence-electron chi connectivity index (χ3n) is 3.52. The van der Waals surface area contributed by atoms with Crippen LogP contribution in [0.1, 0.15) is 37.4 Å². The first-order valence-electron chi connectivity index (χ1n) is 7.45. The predicted molar refractivity (Wildman–Crippen MR) is 88.8 cm³/mol. The summed E-state index contributed by atoms with van der Waals surface area (Å²) in [5.74, 6) is -1.22. The zero-order valence-electron chi connectivity index (χ0n) is 13.9. The van der Waals surface area contributed by atoms with Crippen molar-refractivity contribution in [1.82, 2.24) is 0 Å². The first-order valence-corrected chi connectivity index (χ1v) is 7.45. The number of rotatable bonds is 6. The van der Waals surface area contributed by atoms with E-state index in [0.717, 1.165) is 11.1 Å². The second-order valence-electron chi connectivity index (χ2n) is 5.16. The van der Waals surface area contributed by atoms with E-state index < -0.39 is 11.9 Å². The largest absolute Gasteiger partial charge is 0.465 e. The van der Waals surface area contributed by atoms with Crippen LogP contribution in [0.3, 0.4) is 0 Å². The van der Waals surface area contributed by atoms with Crippen LogP contribution in [-0.2, 0) is 27.4 Å². The SMILES string of the molecule is COC(=O)c1ccc(COCc2ccc(C#N)cc2)cc1C(=O)OC. The summed E-state index contributed by atoms with van der Waals surface area (Å²) in [4.78, 5) is 23.6. The highest BCUT2D eigenvalue weighted by molar-refractivity contribution is 6.03. The molecule has 6 heteroatoms. The lowest BCUT2D eigenvalue weighted by Gasteiger charge is -2.10. The predicted octanol–water partition coefficient (Wildman–Crippen LogP) is 2.85. The van der Waals surface area contributed by atoms with Gasteiger partial charge in [-0.25, -0.2) is 9.59 Å². The molecule has 6 nitrogen and oxygen atoms in total. The molecule has 25 heavy (non-hydrogen) atoms. The molecule has 0 spiro atoms. The van der Waals surface area contributed by atoms with E-state index in [1.807, 2.05) is 12.1 Å². The summed E-state index contributed by atoms with van der Waals surface area (Å²) in [5, 5.41) is 8.77. The summed E-state index contributed by atoms with van der Waals surface area (Å²) in [6.07, 6.45) is 0. The molecule has 0 unspecified atom stereocenters. The van der Waals surface area contributed by atoms with Crippen molar-refractivity contribution in [3.8, 4) is 6.07 Å². The van der Waals surface area contributed by atoms with E-state index in [9.17, 15) is 9.59 Å². The van der Waals surface area contributed by atoms with Gasteiger partial charge in [-0.1, -0.05) is 18.2 Å². The van der Waals surface area contributed by atoms with Gasteiger partial charge in [0.15, 0.2) is 0 Å². The number of esters is 2. The van der Waals surface area contributed by atoms with Crippen LogP contribution in [0.4, 0.5) is 0 Å². The van der Waals surface area contributed by atoms with Crippen LogP contribution >= 0.6 is 0 Å². The molecule has 0 aliphatic heterocycles. The van der Waals surface area contributed by atoms with E-state index in [-0.39, 0.29) is 17.7 Å². The second-order valence-corrected chi connectivity index (χ2v) is 5.16. The standard InChI is InChI=1S/C19H17NO5/c1-23-18(21)16-8-7-15(9-17(16)19(22)24-2)12-25-11-14-5-3-13(10-20)4-6-14/h3-9H,11-12H2,1-2H3. The Bertz CT molecular complexity index is 806. The van der Waals surface area contributed by atoms with Gasteiger partial charge in [-0.2, -0.15) is 5.26 Å². The Labute approximate surface area is 145 Å². The Morgan fingerprint density at radius 1 is 0.880 bits per heavy atom. The molecule has 0 saturated carbocycles. The normalized spacial score (nSPS) is 9.96. The zero-order chi connectivity index (χ0) is 18.2. The summed E-state index contributed by atoms with van der Waals surface area (Å²) >= 11 is 0. The van der Waals surface area contributed by atoms with E-state index in [4.69, 9.17) is 14.7 Å². The Kier molecular flexibility index (Phi) is 6.26. The first kappa shape index (κ1) is 18.2. The molecule has 0 aliphatic rings. The van der Waals surface area contributed by atoms with Crippen LogP contribution in [0.15, 0.2) is 42.5 Å². The number of nitrogens with zero attached hydrogens (tertiary/aromatic N) is 1. The van der Waals surface area contributed by atoms with Crippen LogP contribution in [0.2, 0.25) is 0 Å². The minimum Gasteiger partial charge on any atom is -0.465 e. The van der Waals surface area contributed by atoms with Crippen molar-refractivity contribution in [2.45, 2.75) is 13.2 Å². The van der Waals surface area contributed by atoms with Gasteiger partial charge in [0.2, 0.25) is 0 Å². The van der Waals surface area contributed by atoms with Crippen molar-refractivity contribution in [3.63, 3.8) is 0 Å². The summed E-state index contributed by atoms with van der Waals surface area (Å²) in [6.45, 7) is 0.615. The summed E-state index contributed by atoms with van der Waals surface area (Å²) in [6, 6.07) is 13.9. The van der Waals surface area contributed by atoms with Crippen molar-refractivity contribution in [2.24, 2.45) is 0 Å². The Hall–Kier alpha value is -3.17. The van der Waals surface area contributed by atoms with E-state index in [0.29, 0.717) is 12.2 Å². The smallest absolute Gasteiger partial charge is 0.338 e. The fraction of sp³-hybridized carbons (Fsp3) is 0.211. The molecule has 0 atom stereocenters. The lowest BCUT2D eigenvalue weighted by atomic mass is 10.0. The molecular formula is C19H17NO5. The Morgan fingerprint density at radius 3 is 2.04 bits per heavy atom. The van der Waals surface area contributed by atoms with Gasteiger partial charge in [0.1, 0.15) is 0 Å². The summed E-state index contributed by atoms with van der Waals surface area (Å²) in [7, 11) is 2.50. The third kappa shape index (κ3) is 4.66. The van der Waals surface area contributed by atoms with Crippen molar-refractivity contribution in [3.05, 3.63) is 70.3 Å². The molecule has 2 rings (SSSR count). The maximum absolute atomic E-state index is 11.9. The van der Waals surface area contributed by atoms with Gasteiger partial charge >= 0.3 is 11.9 Å². The summed E-state index contributed by atoms with van der Waals surface area (Å²) < 4.78 is 15.0. The van der Waals surface area contributed by atoms with Crippen molar-refractivity contribution in [2.75, 3.05) is 14.2 Å². The van der Waals surface area contributed by atoms with Gasteiger partial charge in [-0.15, -0.1) is 0 Å². The molecular weight excluding hydrogens is 322 g/mol. The number of ether oxygens (including phenoxy) is 3. The molecule has 0 saturated heterocycles. The average Bonchev–Trinajstić information content (AvgIpc) is 2.67. The quantitative estimate of drug-likeness (QED) is 0.752. The van der Waals surface area contributed by atoms with Gasteiger partial charge in [0, 0.05) is 0 Å². The molecule has 0 heterocycles. The number of methoxy groups -OCH3 is 2. The van der Waals surface area contributed by atoms with Gasteiger partial charge < -0.3 is 14.2 Å². The number of hydrogen-bond donors (Lipinski definition) is 0. The first-order chi connectivity index (χ1) is 12.1. The molecule has 0 radical (unpaired) electrons. The molecule has 0 N–H and O–H groups in total. The zero-order valence-corrected chi connectivity index (χ0v) is 13.9. The van der Waals surface area contributed by atoms with Crippen LogP contribution in [-0.4, -0.2) is 26.2 Å². The molecule has 0 fully saturated rings. The van der Waals surface area contributed by atoms with E-state index in [1.54, 1.807) is 24.3 Å². The van der Waals surface area contributed by atoms with Crippen molar-refractivity contribution >= 4 is 11.9 Å². The highest BCUT2D eigenvalue weighted by Crippen LogP contribution is 2.16. The molecule has 0 aliphatic carbocycles. The third-order valence-corrected chi connectivity index (χ3v) is 3.52. The highest BCUT2D eigenvalue weighted by Gasteiger charge is 2.18. The number of hydrogen-bond acceptors (Lipinski definition) is 6. The fourth-order valence-corrected chi connectivity index (χ4v) is 2.21. The highest BCUT2D eigenvalue weighted by atomic mass is 16.5. The van der Waals surface area contributed by atoms with E-state index >= 15 is 0 Å². The molecule has 2 aromatic carbocycles.